The lowest BCUT2D eigenvalue weighted by Crippen LogP contribution is -2.11. The average Bonchev–Trinajstić information content (AvgIpc) is 1.98. The van der Waals surface area contributed by atoms with Crippen LogP contribution in [0.15, 0.2) is 11.9 Å². The first kappa shape index (κ1) is 9.74. The smallest absolute Gasteiger partial charge is 0.378 e. The van der Waals surface area contributed by atoms with Crippen LogP contribution in [0.3, 0.4) is 0 Å². The Morgan fingerprint density at radius 3 is 2.60 bits per heavy atom. The number of carbonyl (C=O) groups is 2. The maximum atomic E-state index is 10.6. The van der Waals surface area contributed by atoms with Gasteiger partial charge in [-0.1, -0.05) is 14.1 Å². The zero-order valence-electron chi connectivity index (χ0n) is 5.46. The molecule has 0 heterocycles. The summed E-state index contributed by atoms with van der Waals surface area (Å²) in [6.07, 6.45) is 1.21. The summed E-state index contributed by atoms with van der Waals surface area (Å²) in [6, 6.07) is 0. The van der Waals surface area contributed by atoms with Gasteiger partial charge >= 0.3 is 5.97 Å². The minimum Gasteiger partial charge on any atom is -0.463 e. The molecular weight excluding hydrogens is 170 g/mol. The zero-order chi connectivity index (χ0) is 7.98. The van der Waals surface area contributed by atoms with Crippen LogP contribution in [0.2, 0.25) is 0 Å². The molecule has 0 spiro atoms. The third-order valence-corrected chi connectivity index (χ3v) is 1.65. The second-order valence-corrected chi connectivity index (χ2v) is 3.02. The summed E-state index contributed by atoms with van der Waals surface area (Å²) in [5.74, 6) is 0.168. The van der Waals surface area contributed by atoms with E-state index in [-0.39, 0.29) is 0 Å². The Morgan fingerprint density at radius 1 is 1.60 bits per heavy atom. The Labute approximate surface area is 63.1 Å². The molecule has 0 amide bonds. The van der Waals surface area contributed by atoms with Crippen LogP contribution in [0.1, 0.15) is 0 Å². The third kappa shape index (κ3) is 3.71. The second kappa shape index (κ2) is 5.52. The molecule has 2 unspecified atom stereocenters. The Balaban J connectivity index is 3.85. The van der Waals surface area contributed by atoms with Crippen molar-refractivity contribution >= 4 is 29.0 Å². The highest BCUT2D eigenvalue weighted by molar-refractivity contribution is 8.04. The fraction of sp³-hybridized carbons (Fsp3) is 0.200. The molecule has 0 saturated heterocycles. The number of hydrogen-bond acceptors (Lipinski definition) is 3. The van der Waals surface area contributed by atoms with Crippen molar-refractivity contribution in [2.24, 2.45) is 0 Å². The summed E-state index contributed by atoms with van der Waals surface area (Å²) in [5.41, 5.74) is 0. The summed E-state index contributed by atoms with van der Waals surface area (Å²) >= 11 is 0. The second-order valence-electron chi connectivity index (χ2n) is 1.36. The van der Waals surface area contributed by atoms with E-state index < -0.39 is 11.8 Å². The van der Waals surface area contributed by atoms with E-state index >= 15 is 0 Å². The lowest BCUT2D eigenvalue weighted by atomic mass is 10.4. The topological polar surface area (TPSA) is 43.4 Å². The van der Waals surface area contributed by atoms with Crippen molar-refractivity contribution in [1.82, 2.24) is 0 Å². The maximum Gasteiger partial charge on any atom is 0.378 e. The molecule has 0 aliphatic heterocycles. The normalized spacial score (nSPS) is 11.0. The van der Waals surface area contributed by atoms with Gasteiger partial charge in [-0.05, 0) is 6.08 Å². The molecule has 3 nitrogen and oxygen atoms in total. The van der Waals surface area contributed by atoms with Gasteiger partial charge in [0.1, 0.15) is 0 Å². The lowest BCUT2D eigenvalue weighted by Gasteiger charge is -1.89. The van der Waals surface area contributed by atoms with Gasteiger partial charge < -0.3 is 4.74 Å². The maximum absolute atomic E-state index is 10.6. The minimum absolute atomic E-state index is 0.452. The molecule has 0 aromatic carbocycles. The Kier molecular flexibility index (Phi) is 5.38. The fourth-order valence-electron chi connectivity index (χ4n) is 0.292. The highest BCUT2D eigenvalue weighted by atomic mass is 32.0. The molecule has 2 atom stereocenters. The van der Waals surface area contributed by atoms with Crippen molar-refractivity contribution in [3.63, 3.8) is 0 Å². The van der Waals surface area contributed by atoms with E-state index in [1.165, 1.54) is 13.2 Å². The van der Waals surface area contributed by atoms with Gasteiger partial charge in [-0.15, -0.1) is 8.93 Å². The molecule has 0 radical (unpaired) electrons. The zero-order valence-corrected chi connectivity index (χ0v) is 7.61. The van der Waals surface area contributed by atoms with Crippen LogP contribution in [-0.2, 0) is 14.3 Å². The van der Waals surface area contributed by atoms with Gasteiger partial charge in [-0.3, -0.25) is 4.79 Å². The van der Waals surface area contributed by atoms with Crippen molar-refractivity contribution in [2.45, 2.75) is 0 Å². The van der Waals surface area contributed by atoms with Crippen LogP contribution in [0.25, 0.3) is 0 Å². The Hall–Kier alpha value is -0.260. The first-order valence-corrected chi connectivity index (χ1v) is 5.36. The highest BCUT2D eigenvalue weighted by Gasteiger charge is 2.07. The predicted molar refractivity (Wildman–Crippen MR) is 44.2 cm³/mol. The quantitative estimate of drug-likeness (QED) is 0.276. The van der Waals surface area contributed by atoms with E-state index in [0.29, 0.717) is 8.27 Å². The molecule has 10 heavy (non-hydrogen) atoms. The van der Waals surface area contributed by atoms with Crippen LogP contribution in [-0.4, -0.2) is 18.9 Å². The van der Waals surface area contributed by atoms with E-state index in [4.69, 9.17) is 0 Å². The summed E-state index contributed by atoms with van der Waals surface area (Å²) in [4.78, 5) is 21.0. The van der Waals surface area contributed by atoms with Gasteiger partial charge in [0.05, 0.1) is 7.11 Å². The van der Waals surface area contributed by atoms with Crippen LogP contribution in [0, 0.1) is 0 Å². The van der Waals surface area contributed by atoms with E-state index in [0.717, 1.165) is 0 Å². The molecule has 0 rings (SSSR count). The number of ether oxygens (including phenoxy) is 1. The number of carbonyl (C=O) groups excluding carboxylic acids is 2. The van der Waals surface area contributed by atoms with E-state index in [2.05, 4.69) is 13.7 Å². The van der Waals surface area contributed by atoms with Gasteiger partial charge in [-0.25, -0.2) is 4.79 Å². The number of hydrogen-bond donors (Lipinski definition) is 0. The van der Waals surface area contributed by atoms with Crippen molar-refractivity contribution in [2.75, 3.05) is 7.11 Å². The molecule has 0 N–H and O–H groups in total. The van der Waals surface area contributed by atoms with Crippen molar-refractivity contribution in [3.05, 3.63) is 11.9 Å². The number of ketones is 1. The van der Waals surface area contributed by atoms with Crippen LogP contribution in [0.4, 0.5) is 0 Å². The van der Waals surface area contributed by atoms with E-state index in [9.17, 15) is 9.59 Å². The molecular formula is C5H8O3P2. The van der Waals surface area contributed by atoms with Gasteiger partial charge in [0.15, 0.2) is 0 Å². The number of methoxy groups -OCH3 is 1. The van der Waals surface area contributed by atoms with Gasteiger partial charge in [0.25, 0.3) is 5.78 Å². The van der Waals surface area contributed by atoms with Crippen LogP contribution >= 0.6 is 17.2 Å². The Morgan fingerprint density at radius 2 is 2.20 bits per heavy atom. The summed E-state index contributed by atoms with van der Waals surface area (Å²) in [5, 5.41) is 0. The van der Waals surface area contributed by atoms with Crippen LogP contribution < -0.4 is 0 Å². The van der Waals surface area contributed by atoms with Gasteiger partial charge in [0.2, 0.25) is 0 Å². The van der Waals surface area contributed by atoms with Gasteiger partial charge in [0, 0.05) is 0 Å². The fourth-order valence-corrected chi connectivity index (χ4v) is 0.829. The molecule has 5 heteroatoms. The standard InChI is InChI=1S/C5H8O3P2/c1-8-5(7)4(6)2-3-10-9/h2-3,10H,9H2,1H3. The SMILES string of the molecule is COC(=O)C(=O)C=CPP. The Bertz CT molecular complexity index is 164. The van der Waals surface area contributed by atoms with Crippen molar-refractivity contribution in [1.29, 1.82) is 0 Å². The highest BCUT2D eigenvalue weighted by Crippen LogP contribution is 2.20. The number of rotatable bonds is 3. The minimum atomic E-state index is -0.820. The monoisotopic (exact) mass is 178 g/mol. The molecule has 0 fully saturated rings. The van der Waals surface area contributed by atoms with Crippen molar-refractivity contribution < 1.29 is 14.3 Å². The lowest BCUT2D eigenvalue weighted by molar-refractivity contribution is -0.149. The molecule has 0 bridgehead atoms. The number of esters is 1. The van der Waals surface area contributed by atoms with Gasteiger partial charge in [-0.2, -0.15) is 0 Å². The van der Waals surface area contributed by atoms with Crippen LogP contribution in [0.5, 0.6) is 0 Å². The molecule has 0 saturated carbocycles. The largest absolute Gasteiger partial charge is 0.463 e. The average molecular weight is 178 g/mol. The molecule has 0 aromatic heterocycles. The predicted octanol–water partition coefficient (Wildman–Crippen LogP) is 0.711. The summed E-state index contributed by atoms with van der Waals surface area (Å²) in [6.45, 7) is 0. The molecule has 0 aromatic rings. The molecule has 0 aliphatic carbocycles. The first-order chi connectivity index (χ1) is 4.72. The van der Waals surface area contributed by atoms with E-state index in [1.54, 1.807) is 5.82 Å². The third-order valence-electron chi connectivity index (χ3n) is 0.718. The summed E-state index contributed by atoms with van der Waals surface area (Å²) < 4.78 is 4.17. The molecule has 0 aliphatic rings. The molecule has 56 valence electrons. The summed E-state index contributed by atoms with van der Waals surface area (Å²) in [7, 11) is 4.06. The van der Waals surface area contributed by atoms with E-state index in [1.807, 2.05) is 0 Å². The van der Waals surface area contributed by atoms with Crippen molar-refractivity contribution in [3.8, 4) is 0 Å². The first-order valence-electron chi connectivity index (χ1n) is 2.47.